The molecule has 1 amide bonds. The van der Waals surface area contributed by atoms with Crippen molar-refractivity contribution in [3.8, 4) is 0 Å². The summed E-state index contributed by atoms with van der Waals surface area (Å²) in [4.78, 5) is 31.1. The van der Waals surface area contributed by atoms with Gasteiger partial charge in [0.05, 0.1) is 0 Å². The Bertz CT molecular complexity index is 603. The van der Waals surface area contributed by atoms with E-state index >= 15 is 0 Å². The molecule has 0 bridgehead atoms. The van der Waals surface area contributed by atoms with Gasteiger partial charge in [-0.2, -0.15) is 0 Å². The highest BCUT2D eigenvalue weighted by Gasteiger charge is 2.37. The molecule has 0 radical (unpaired) electrons. The van der Waals surface area contributed by atoms with Crippen molar-refractivity contribution < 1.29 is 19.4 Å². The molecule has 126 valence electrons. The number of ether oxygens (including phenoxy) is 1. The number of aliphatic carboxylic acids is 1. The molecule has 0 unspecified atom stereocenters. The number of carboxylic acid groups (broad SMARTS) is 1. The maximum atomic E-state index is 12.2. The van der Waals surface area contributed by atoms with Gasteiger partial charge in [-0.1, -0.05) is 0 Å². The molecule has 1 N–H and O–H groups in total. The molecule has 23 heavy (non-hydrogen) atoms. The van der Waals surface area contributed by atoms with Crippen molar-refractivity contribution >= 4 is 33.7 Å². The largest absolute Gasteiger partial charge is 0.480 e. The van der Waals surface area contributed by atoms with Crippen molar-refractivity contribution in [2.75, 3.05) is 24.5 Å². The van der Waals surface area contributed by atoms with Gasteiger partial charge in [0.1, 0.15) is 16.2 Å². The lowest BCUT2D eigenvalue weighted by Gasteiger charge is -2.40. The second-order valence-corrected chi connectivity index (χ2v) is 7.12. The molecule has 2 rings (SSSR count). The van der Waals surface area contributed by atoms with Gasteiger partial charge in [0.25, 0.3) is 0 Å². The summed E-state index contributed by atoms with van der Waals surface area (Å²) in [5.41, 5.74) is 0.203. The first-order valence-electron chi connectivity index (χ1n) is 7.26. The number of rotatable bonds is 2. The molecule has 7 nitrogen and oxygen atoms in total. The minimum absolute atomic E-state index is 0.199. The number of aromatic nitrogens is 1. The van der Waals surface area contributed by atoms with Crippen molar-refractivity contribution in [2.24, 2.45) is 0 Å². The van der Waals surface area contributed by atoms with E-state index in [1.54, 1.807) is 27.0 Å². The van der Waals surface area contributed by atoms with E-state index in [1.807, 2.05) is 17.0 Å². The number of hydrogen-bond acceptors (Lipinski definition) is 5. The summed E-state index contributed by atoms with van der Waals surface area (Å²) in [5, 5.41) is 9.48. The molecular weight excluding hydrogens is 366 g/mol. The van der Waals surface area contributed by atoms with E-state index in [-0.39, 0.29) is 13.1 Å². The third kappa shape index (κ3) is 4.57. The summed E-state index contributed by atoms with van der Waals surface area (Å²) in [6, 6.07) is 2.68. The van der Waals surface area contributed by atoms with Crippen LogP contribution in [-0.4, -0.2) is 58.3 Å². The topological polar surface area (TPSA) is 83.0 Å². The smallest absolute Gasteiger partial charge is 0.411 e. The van der Waals surface area contributed by atoms with E-state index in [0.29, 0.717) is 11.1 Å². The monoisotopic (exact) mass is 385 g/mol. The van der Waals surface area contributed by atoms with Crippen LogP contribution in [0.15, 0.2) is 22.9 Å². The lowest BCUT2D eigenvalue weighted by atomic mass is 10.1. The molecule has 1 atom stereocenters. The van der Waals surface area contributed by atoms with Crippen LogP contribution >= 0.6 is 15.9 Å². The molecule has 0 saturated carbocycles. The molecule has 8 heteroatoms. The normalized spacial score (nSPS) is 18.7. The van der Waals surface area contributed by atoms with Gasteiger partial charge in [-0.25, -0.2) is 14.6 Å². The standard InChI is InChI=1S/C15H20BrN3O4/c1-15(2,3)23-14(22)19-7-6-18(9-11(19)13(20)21)10-4-5-17-12(16)8-10/h4-5,8,11H,6-7,9H2,1-3H3,(H,20,21)/t11-/m0/s1. The number of halogens is 1. The minimum atomic E-state index is -1.05. The van der Waals surface area contributed by atoms with Crippen molar-refractivity contribution in [1.82, 2.24) is 9.88 Å². The summed E-state index contributed by atoms with van der Waals surface area (Å²) < 4.78 is 5.98. The summed E-state index contributed by atoms with van der Waals surface area (Å²) >= 11 is 3.30. The fourth-order valence-electron chi connectivity index (χ4n) is 2.36. The number of carbonyl (C=O) groups excluding carboxylic acids is 1. The number of carboxylic acids is 1. The van der Waals surface area contributed by atoms with Crippen LogP contribution in [0.4, 0.5) is 10.5 Å². The van der Waals surface area contributed by atoms with E-state index in [2.05, 4.69) is 20.9 Å². The minimum Gasteiger partial charge on any atom is -0.480 e. The number of pyridine rings is 1. The Hall–Kier alpha value is -1.83. The summed E-state index contributed by atoms with van der Waals surface area (Å²) in [5.74, 6) is -1.05. The van der Waals surface area contributed by atoms with Crippen molar-refractivity contribution in [1.29, 1.82) is 0 Å². The van der Waals surface area contributed by atoms with Crippen LogP contribution in [0.25, 0.3) is 0 Å². The third-order valence-electron chi connectivity index (χ3n) is 3.37. The summed E-state index contributed by atoms with van der Waals surface area (Å²) in [7, 11) is 0. The second kappa shape index (κ2) is 6.74. The van der Waals surface area contributed by atoms with E-state index in [4.69, 9.17) is 4.74 Å². The van der Waals surface area contributed by atoms with Crippen LogP contribution in [0.1, 0.15) is 20.8 Å². The fourth-order valence-corrected chi connectivity index (χ4v) is 2.71. The van der Waals surface area contributed by atoms with Gasteiger partial charge in [0.2, 0.25) is 0 Å². The Labute approximate surface area is 143 Å². The molecule has 1 aliphatic rings. The van der Waals surface area contributed by atoms with Gasteiger partial charge in [-0.15, -0.1) is 0 Å². The lowest BCUT2D eigenvalue weighted by molar-refractivity contribution is -0.143. The number of anilines is 1. The quantitative estimate of drug-likeness (QED) is 0.786. The summed E-state index contributed by atoms with van der Waals surface area (Å²) in [6.45, 7) is 6.28. The Morgan fingerprint density at radius 2 is 2.09 bits per heavy atom. The van der Waals surface area contributed by atoms with Crippen LogP contribution in [0.2, 0.25) is 0 Å². The first-order chi connectivity index (χ1) is 10.7. The predicted octanol–water partition coefficient (Wildman–Crippen LogP) is 2.35. The molecule has 2 heterocycles. The molecule has 1 aromatic rings. The molecule has 0 spiro atoms. The number of piperazine rings is 1. The van der Waals surface area contributed by atoms with Gasteiger partial charge in [-0.05, 0) is 48.8 Å². The zero-order valence-corrected chi connectivity index (χ0v) is 14.9. The van der Waals surface area contributed by atoms with E-state index < -0.39 is 23.7 Å². The first kappa shape index (κ1) is 17.5. The second-order valence-electron chi connectivity index (χ2n) is 6.31. The fraction of sp³-hybridized carbons (Fsp3) is 0.533. The Morgan fingerprint density at radius 1 is 1.39 bits per heavy atom. The molecule has 1 saturated heterocycles. The average molecular weight is 386 g/mol. The predicted molar refractivity (Wildman–Crippen MR) is 88.5 cm³/mol. The van der Waals surface area contributed by atoms with Crippen LogP contribution in [0, 0.1) is 0 Å². The van der Waals surface area contributed by atoms with Crippen molar-refractivity contribution in [3.05, 3.63) is 22.9 Å². The number of hydrogen-bond donors (Lipinski definition) is 1. The number of carbonyl (C=O) groups is 2. The molecule has 1 fully saturated rings. The van der Waals surface area contributed by atoms with Gasteiger partial charge in [0.15, 0.2) is 0 Å². The Balaban J connectivity index is 2.15. The highest BCUT2D eigenvalue weighted by molar-refractivity contribution is 9.10. The van der Waals surface area contributed by atoms with Gasteiger partial charge in [0, 0.05) is 31.5 Å². The van der Waals surface area contributed by atoms with Gasteiger partial charge < -0.3 is 14.7 Å². The van der Waals surface area contributed by atoms with Gasteiger partial charge in [-0.3, -0.25) is 4.90 Å². The van der Waals surface area contributed by atoms with E-state index in [9.17, 15) is 14.7 Å². The number of amides is 1. The molecule has 1 aliphatic heterocycles. The maximum absolute atomic E-state index is 12.2. The SMILES string of the molecule is CC(C)(C)OC(=O)N1CCN(c2ccnc(Br)c2)C[C@H]1C(=O)O. The third-order valence-corrected chi connectivity index (χ3v) is 3.80. The zero-order chi connectivity index (χ0) is 17.2. The van der Waals surface area contributed by atoms with Crippen molar-refractivity contribution in [2.45, 2.75) is 32.4 Å². The number of nitrogens with zero attached hydrogens (tertiary/aromatic N) is 3. The lowest BCUT2D eigenvalue weighted by Crippen LogP contribution is -2.59. The molecular formula is C15H20BrN3O4. The highest BCUT2D eigenvalue weighted by atomic mass is 79.9. The van der Waals surface area contributed by atoms with Crippen LogP contribution in [0.3, 0.4) is 0 Å². The van der Waals surface area contributed by atoms with E-state index in [0.717, 1.165) is 5.69 Å². The van der Waals surface area contributed by atoms with Crippen LogP contribution < -0.4 is 4.90 Å². The Kier molecular flexibility index (Phi) is 5.13. The van der Waals surface area contributed by atoms with Crippen LogP contribution in [-0.2, 0) is 9.53 Å². The molecule has 0 aliphatic carbocycles. The van der Waals surface area contributed by atoms with Gasteiger partial charge >= 0.3 is 12.1 Å². The molecule has 1 aromatic heterocycles. The Morgan fingerprint density at radius 3 is 2.65 bits per heavy atom. The zero-order valence-electron chi connectivity index (χ0n) is 13.3. The van der Waals surface area contributed by atoms with Crippen molar-refractivity contribution in [3.63, 3.8) is 0 Å². The summed E-state index contributed by atoms with van der Waals surface area (Å²) in [6.07, 6.45) is 1.05. The maximum Gasteiger partial charge on any atom is 0.411 e. The average Bonchev–Trinajstić information content (AvgIpc) is 2.44. The highest BCUT2D eigenvalue weighted by Crippen LogP contribution is 2.23. The molecule has 0 aromatic carbocycles. The van der Waals surface area contributed by atoms with Crippen LogP contribution in [0.5, 0.6) is 0 Å². The first-order valence-corrected chi connectivity index (χ1v) is 8.05. The van der Waals surface area contributed by atoms with E-state index in [1.165, 1.54) is 4.90 Å².